The lowest BCUT2D eigenvalue weighted by molar-refractivity contribution is 0.0727. The Morgan fingerprint density at radius 2 is 1.85 bits per heavy atom. The number of carbonyl (C=O) groups is 1. The summed E-state index contributed by atoms with van der Waals surface area (Å²) < 4.78 is 26.0. The fourth-order valence-corrected chi connectivity index (χ4v) is 5.19. The van der Waals surface area contributed by atoms with Crippen LogP contribution >= 0.6 is 0 Å². The number of benzene rings is 2. The second-order valence-electron chi connectivity index (χ2n) is 9.01. The fraction of sp³-hybridized carbons (Fsp3) is 0.346. The summed E-state index contributed by atoms with van der Waals surface area (Å²) in [7, 11) is -0.905. The van der Waals surface area contributed by atoms with E-state index in [1.54, 1.807) is 23.4 Å². The molecule has 3 aromatic rings. The molecule has 0 bridgehead atoms. The number of hydrogen-bond donors (Lipinski definition) is 0. The van der Waals surface area contributed by atoms with Gasteiger partial charge in [0.25, 0.3) is 5.91 Å². The molecule has 1 amide bonds. The highest BCUT2D eigenvalue weighted by atomic mass is 32.2. The van der Waals surface area contributed by atoms with E-state index >= 15 is 0 Å². The number of pyridine rings is 1. The molecule has 0 aliphatic carbocycles. The number of rotatable bonds is 4. The van der Waals surface area contributed by atoms with E-state index in [-0.39, 0.29) is 11.2 Å². The van der Waals surface area contributed by atoms with Crippen LogP contribution < -0.4 is 0 Å². The Hall–Kier alpha value is -3.11. The molecule has 1 saturated heterocycles. The molecule has 1 aromatic heterocycles. The van der Waals surface area contributed by atoms with E-state index < -0.39 is 22.0 Å². The lowest BCUT2D eigenvalue weighted by Crippen LogP contribution is -2.41. The average molecular weight is 464 g/mol. The summed E-state index contributed by atoms with van der Waals surface area (Å²) in [4.78, 5) is 19.7. The summed E-state index contributed by atoms with van der Waals surface area (Å²) >= 11 is 0. The van der Waals surface area contributed by atoms with Crippen LogP contribution in [0.15, 0.2) is 48.7 Å². The highest BCUT2D eigenvalue weighted by Crippen LogP contribution is 2.34. The number of hydrogen-bond acceptors (Lipinski definition) is 4. The lowest BCUT2D eigenvalue weighted by atomic mass is 9.85. The van der Waals surface area contributed by atoms with Gasteiger partial charge < -0.3 is 4.90 Å². The van der Waals surface area contributed by atoms with Gasteiger partial charge in [0.15, 0.2) is 0 Å². The van der Waals surface area contributed by atoms with E-state index in [0.717, 1.165) is 11.1 Å². The summed E-state index contributed by atoms with van der Waals surface area (Å²) in [6.07, 6.45) is 4.66. The molecular weight excluding hydrogens is 437 g/mol. The van der Waals surface area contributed by atoms with E-state index in [0.29, 0.717) is 48.0 Å². The Kier molecular flexibility index (Phi) is 6.31. The Morgan fingerprint density at radius 3 is 2.45 bits per heavy atom. The standard InChI is InChI=1S/C26H26FN3O2S/c1-26(2,16-28)18-6-4-17(5-7-18)24-21-14-19(27)8-9-23(21)29-15-22(24)25(31)30-12-10-20(11-13-30)33(3)32/h4-9,14-15,20H,10-13H2,1-3H3. The first-order valence-electron chi connectivity index (χ1n) is 10.9. The molecule has 2 aromatic carbocycles. The number of carbonyl (C=O) groups excluding carboxylic acids is 1. The third-order valence-electron chi connectivity index (χ3n) is 6.43. The van der Waals surface area contributed by atoms with Crippen LogP contribution in [0, 0.1) is 17.1 Å². The predicted octanol–water partition coefficient (Wildman–Crippen LogP) is 4.83. The molecule has 1 atom stereocenters. The van der Waals surface area contributed by atoms with E-state index in [1.807, 2.05) is 38.1 Å². The maximum atomic E-state index is 14.2. The highest BCUT2D eigenvalue weighted by molar-refractivity contribution is 7.84. The van der Waals surface area contributed by atoms with Crippen molar-refractivity contribution in [3.8, 4) is 17.2 Å². The summed E-state index contributed by atoms with van der Waals surface area (Å²) in [5.74, 6) is -0.561. The number of nitrogens with zero attached hydrogens (tertiary/aromatic N) is 3. The first kappa shape index (κ1) is 23.1. The molecule has 0 spiro atoms. The van der Waals surface area contributed by atoms with Crippen molar-refractivity contribution in [2.75, 3.05) is 19.3 Å². The van der Waals surface area contributed by atoms with Gasteiger partial charge in [0.1, 0.15) is 5.82 Å². The molecule has 1 unspecified atom stereocenters. The van der Waals surface area contributed by atoms with Gasteiger partial charge in [-0.05, 0) is 56.0 Å². The molecule has 1 aliphatic rings. The van der Waals surface area contributed by atoms with Gasteiger partial charge in [0, 0.05) is 52.5 Å². The van der Waals surface area contributed by atoms with Crippen molar-refractivity contribution in [2.24, 2.45) is 0 Å². The predicted molar refractivity (Wildman–Crippen MR) is 129 cm³/mol. The van der Waals surface area contributed by atoms with Crippen LogP contribution in [0.3, 0.4) is 0 Å². The van der Waals surface area contributed by atoms with Gasteiger partial charge in [0.2, 0.25) is 0 Å². The lowest BCUT2D eigenvalue weighted by Gasteiger charge is -2.31. The van der Waals surface area contributed by atoms with Gasteiger partial charge in [-0.1, -0.05) is 24.3 Å². The summed E-state index contributed by atoms with van der Waals surface area (Å²) in [6.45, 7) is 4.75. The number of nitriles is 1. The van der Waals surface area contributed by atoms with Gasteiger partial charge in [-0.15, -0.1) is 0 Å². The summed E-state index contributed by atoms with van der Waals surface area (Å²) in [5.41, 5.74) is 2.62. The molecule has 1 fully saturated rings. The highest BCUT2D eigenvalue weighted by Gasteiger charge is 2.28. The number of aromatic nitrogens is 1. The molecule has 33 heavy (non-hydrogen) atoms. The molecule has 170 valence electrons. The number of amides is 1. The first-order chi connectivity index (χ1) is 15.7. The zero-order valence-electron chi connectivity index (χ0n) is 19.0. The normalized spacial score (nSPS) is 15.9. The third-order valence-corrected chi connectivity index (χ3v) is 7.84. The Bertz CT molecular complexity index is 1270. The number of likely N-dealkylation sites (tertiary alicyclic amines) is 1. The number of fused-ring (bicyclic) bond motifs is 1. The monoisotopic (exact) mass is 463 g/mol. The molecule has 1 aliphatic heterocycles. The van der Waals surface area contributed by atoms with Crippen LogP contribution in [-0.4, -0.2) is 44.6 Å². The van der Waals surface area contributed by atoms with Crippen molar-refractivity contribution < 1.29 is 13.4 Å². The van der Waals surface area contributed by atoms with Crippen LogP contribution in [0.5, 0.6) is 0 Å². The molecule has 0 saturated carbocycles. The van der Waals surface area contributed by atoms with Crippen molar-refractivity contribution in [1.29, 1.82) is 5.26 Å². The van der Waals surface area contributed by atoms with Gasteiger partial charge in [-0.2, -0.15) is 5.26 Å². The van der Waals surface area contributed by atoms with Crippen LogP contribution in [0.2, 0.25) is 0 Å². The van der Waals surface area contributed by atoms with E-state index in [1.165, 1.54) is 12.1 Å². The molecule has 0 N–H and O–H groups in total. The molecule has 0 radical (unpaired) electrons. The SMILES string of the molecule is CS(=O)C1CCN(C(=O)c2cnc3ccc(F)cc3c2-c2ccc(C(C)(C)C#N)cc2)CC1. The number of halogens is 1. The second-order valence-corrected chi connectivity index (χ2v) is 10.7. The maximum absolute atomic E-state index is 14.2. The van der Waals surface area contributed by atoms with Crippen molar-refractivity contribution in [2.45, 2.75) is 37.4 Å². The minimum Gasteiger partial charge on any atom is -0.338 e. The van der Waals surface area contributed by atoms with Gasteiger partial charge in [-0.25, -0.2) is 4.39 Å². The topological polar surface area (TPSA) is 74.1 Å². The number of piperidine rings is 1. The maximum Gasteiger partial charge on any atom is 0.256 e. The molecule has 2 heterocycles. The van der Waals surface area contributed by atoms with Crippen LogP contribution in [-0.2, 0) is 16.2 Å². The molecule has 7 heteroatoms. The minimum atomic E-state index is -0.905. The van der Waals surface area contributed by atoms with Gasteiger partial charge >= 0.3 is 0 Å². The van der Waals surface area contributed by atoms with E-state index in [4.69, 9.17) is 0 Å². The fourth-order valence-electron chi connectivity index (χ4n) is 4.32. The van der Waals surface area contributed by atoms with Crippen molar-refractivity contribution >= 4 is 27.6 Å². The Labute approximate surface area is 195 Å². The van der Waals surface area contributed by atoms with Crippen molar-refractivity contribution in [3.63, 3.8) is 0 Å². The zero-order valence-corrected chi connectivity index (χ0v) is 19.8. The van der Waals surface area contributed by atoms with Gasteiger partial charge in [0.05, 0.1) is 22.6 Å². The van der Waals surface area contributed by atoms with Crippen LogP contribution in [0.25, 0.3) is 22.0 Å². The second kappa shape index (κ2) is 9.03. The van der Waals surface area contributed by atoms with Crippen molar-refractivity contribution in [1.82, 2.24) is 9.88 Å². The summed E-state index contributed by atoms with van der Waals surface area (Å²) in [5, 5.41) is 10.1. The van der Waals surface area contributed by atoms with Crippen molar-refractivity contribution in [3.05, 3.63) is 65.6 Å². The quantitative estimate of drug-likeness (QED) is 0.556. The zero-order chi connectivity index (χ0) is 23.8. The Morgan fingerprint density at radius 1 is 1.18 bits per heavy atom. The molecular formula is C26H26FN3O2S. The minimum absolute atomic E-state index is 0.105. The molecule has 5 nitrogen and oxygen atoms in total. The van der Waals surface area contributed by atoms with E-state index in [2.05, 4.69) is 11.1 Å². The first-order valence-corrected chi connectivity index (χ1v) is 12.6. The van der Waals surface area contributed by atoms with E-state index in [9.17, 15) is 18.7 Å². The van der Waals surface area contributed by atoms with Crippen LogP contribution in [0.4, 0.5) is 4.39 Å². The van der Waals surface area contributed by atoms with Crippen LogP contribution in [0.1, 0.15) is 42.6 Å². The van der Waals surface area contributed by atoms with Gasteiger partial charge in [-0.3, -0.25) is 14.0 Å². The Balaban J connectivity index is 1.80. The summed E-state index contributed by atoms with van der Waals surface area (Å²) in [6, 6.07) is 14.2. The smallest absolute Gasteiger partial charge is 0.256 e. The average Bonchev–Trinajstić information content (AvgIpc) is 2.83. The third kappa shape index (κ3) is 4.53. The largest absolute Gasteiger partial charge is 0.338 e. The molecule has 4 rings (SSSR count).